The van der Waals surface area contributed by atoms with Crippen LogP contribution < -0.4 is 0 Å². The summed E-state index contributed by atoms with van der Waals surface area (Å²) in [5.41, 5.74) is 0.564. The van der Waals surface area contributed by atoms with Crippen LogP contribution in [0.15, 0.2) is 0 Å². The molecule has 0 spiro atoms. The predicted octanol–water partition coefficient (Wildman–Crippen LogP) is 2.73. The van der Waals surface area contributed by atoms with Gasteiger partial charge < -0.3 is 5.11 Å². The average Bonchev–Trinajstić information content (AvgIpc) is 2.70. The first-order chi connectivity index (χ1) is 5.22. The summed E-state index contributed by atoms with van der Waals surface area (Å²) < 4.78 is 0. The third-order valence-corrected chi connectivity index (χ3v) is 3.00. The molecule has 1 heteroatoms. The molecule has 11 heavy (non-hydrogen) atoms. The van der Waals surface area contributed by atoms with E-state index in [1.54, 1.807) is 0 Å². The van der Waals surface area contributed by atoms with Crippen molar-refractivity contribution < 1.29 is 5.11 Å². The molecule has 1 rings (SSSR count). The molecule has 0 bridgehead atoms. The molecule has 0 aliphatic heterocycles. The zero-order valence-corrected chi connectivity index (χ0v) is 7.77. The molecular formula is C10H20O. The molecule has 0 heterocycles. The van der Waals surface area contributed by atoms with Crippen LogP contribution >= 0.6 is 0 Å². The molecule has 66 valence electrons. The van der Waals surface area contributed by atoms with Gasteiger partial charge in [-0.1, -0.05) is 26.7 Å². The zero-order valence-electron chi connectivity index (χ0n) is 7.77. The van der Waals surface area contributed by atoms with E-state index in [2.05, 4.69) is 13.8 Å². The summed E-state index contributed by atoms with van der Waals surface area (Å²) in [4.78, 5) is 0. The summed E-state index contributed by atoms with van der Waals surface area (Å²) in [6, 6.07) is 0. The highest BCUT2D eigenvalue weighted by Gasteiger charge is 2.41. The van der Waals surface area contributed by atoms with E-state index in [4.69, 9.17) is 0 Å². The molecule has 1 aliphatic carbocycles. The number of hydrogen-bond acceptors (Lipinski definition) is 1. The first kappa shape index (κ1) is 9.05. The summed E-state index contributed by atoms with van der Waals surface area (Å²) >= 11 is 0. The summed E-state index contributed by atoms with van der Waals surface area (Å²) in [5.74, 6) is 0. The zero-order chi connectivity index (χ0) is 8.32. The van der Waals surface area contributed by atoms with Crippen LogP contribution in [0.25, 0.3) is 0 Å². The summed E-state index contributed by atoms with van der Waals surface area (Å²) in [6.45, 7) is 4.38. The average molecular weight is 156 g/mol. The van der Waals surface area contributed by atoms with E-state index in [1.807, 2.05) is 0 Å². The van der Waals surface area contributed by atoms with E-state index in [-0.39, 0.29) is 6.10 Å². The van der Waals surface area contributed by atoms with Gasteiger partial charge in [-0.15, -0.1) is 0 Å². The van der Waals surface area contributed by atoms with Gasteiger partial charge >= 0.3 is 0 Å². The Morgan fingerprint density at radius 1 is 1.36 bits per heavy atom. The smallest absolute Gasteiger partial charge is 0.0545 e. The van der Waals surface area contributed by atoms with E-state index in [0.29, 0.717) is 5.41 Å². The molecule has 1 atom stereocenters. The van der Waals surface area contributed by atoms with Crippen LogP contribution in [0.3, 0.4) is 0 Å². The molecular weight excluding hydrogens is 136 g/mol. The Bertz CT molecular complexity index is 116. The second-order valence-electron chi connectivity index (χ2n) is 4.00. The van der Waals surface area contributed by atoms with E-state index in [9.17, 15) is 5.11 Å². The van der Waals surface area contributed by atoms with Crippen LogP contribution in [0, 0.1) is 5.41 Å². The third kappa shape index (κ3) is 2.48. The maximum atomic E-state index is 9.56. The fourth-order valence-electron chi connectivity index (χ4n) is 1.81. The van der Waals surface area contributed by atoms with Gasteiger partial charge in [0.25, 0.3) is 0 Å². The van der Waals surface area contributed by atoms with E-state index < -0.39 is 0 Å². The largest absolute Gasteiger partial charge is 0.393 e. The van der Waals surface area contributed by atoms with E-state index in [0.717, 1.165) is 19.3 Å². The van der Waals surface area contributed by atoms with Gasteiger partial charge in [0.2, 0.25) is 0 Å². The minimum absolute atomic E-state index is 0.0255. The van der Waals surface area contributed by atoms with Crippen LogP contribution in [-0.2, 0) is 0 Å². The van der Waals surface area contributed by atoms with Gasteiger partial charge in [0.15, 0.2) is 0 Å². The second-order valence-corrected chi connectivity index (χ2v) is 4.00. The van der Waals surface area contributed by atoms with Crippen LogP contribution in [0.2, 0.25) is 0 Å². The van der Waals surface area contributed by atoms with Crippen molar-refractivity contribution in [3.8, 4) is 0 Å². The number of aliphatic hydroxyl groups is 1. The molecule has 0 saturated heterocycles. The number of aliphatic hydroxyl groups excluding tert-OH is 1. The first-order valence-corrected chi connectivity index (χ1v) is 4.90. The molecule has 1 N–H and O–H groups in total. The number of hydrogen-bond donors (Lipinski definition) is 1. The van der Waals surface area contributed by atoms with Crippen molar-refractivity contribution in [2.45, 2.75) is 58.5 Å². The van der Waals surface area contributed by atoms with Crippen LogP contribution in [0.5, 0.6) is 0 Å². The molecule has 0 radical (unpaired) electrons. The Hall–Kier alpha value is -0.0400. The van der Waals surface area contributed by atoms with E-state index >= 15 is 0 Å². The Kier molecular flexibility index (Phi) is 2.94. The Morgan fingerprint density at radius 3 is 2.36 bits per heavy atom. The Balaban J connectivity index is 2.18. The van der Waals surface area contributed by atoms with Crippen LogP contribution in [0.4, 0.5) is 0 Å². The lowest BCUT2D eigenvalue weighted by molar-refractivity contribution is 0.125. The van der Waals surface area contributed by atoms with Gasteiger partial charge in [-0.25, -0.2) is 0 Å². The lowest BCUT2D eigenvalue weighted by Crippen LogP contribution is -2.13. The molecule has 0 aromatic heterocycles. The van der Waals surface area contributed by atoms with E-state index in [1.165, 1.54) is 19.3 Å². The van der Waals surface area contributed by atoms with Crippen LogP contribution in [-0.4, -0.2) is 11.2 Å². The SMILES string of the molecule is CCCC(O)CC1(CC)CC1. The fourth-order valence-corrected chi connectivity index (χ4v) is 1.81. The summed E-state index contributed by atoms with van der Waals surface area (Å²) in [5, 5.41) is 9.56. The molecule has 0 aromatic rings. The topological polar surface area (TPSA) is 20.2 Å². The lowest BCUT2D eigenvalue weighted by Gasteiger charge is -2.16. The Labute approximate surface area is 69.8 Å². The van der Waals surface area contributed by atoms with Crippen molar-refractivity contribution in [3.63, 3.8) is 0 Å². The molecule has 1 fully saturated rings. The normalized spacial score (nSPS) is 23.2. The van der Waals surface area contributed by atoms with Crippen molar-refractivity contribution in [3.05, 3.63) is 0 Å². The number of rotatable bonds is 5. The third-order valence-electron chi connectivity index (χ3n) is 3.00. The fraction of sp³-hybridized carbons (Fsp3) is 1.00. The standard InChI is InChI=1S/C10H20O/c1-3-5-9(11)8-10(4-2)6-7-10/h9,11H,3-8H2,1-2H3. The van der Waals surface area contributed by atoms with Crippen LogP contribution in [0.1, 0.15) is 52.4 Å². The van der Waals surface area contributed by atoms with Gasteiger partial charge in [0, 0.05) is 0 Å². The first-order valence-electron chi connectivity index (χ1n) is 4.90. The van der Waals surface area contributed by atoms with Crippen molar-refractivity contribution in [1.29, 1.82) is 0 Å². The Morgan fingerprint density at radius 2 is 2.00 bits per heavy atom. The van der Waals surface area contributed by atoms with Gasteiger partial charge in [0.1, 0.15) is 0 Å². The van der Waals surface area contributed by atoms with Crippen molar-refractivity contribution >= 4 is 0 Å². The van der Waals surface area contributed by atoms with Gasteiger partial charge in [-0.05, 0) is 31.1 Å². The minimum Gasteiger partial charge on any atom is -0.393 e. The molecule has 1 aliphatic rings. The molecule has 1 saturated carbocycles. The molecule has 0 amide bonds. The molecule has 1 nitrogen and oxygen atoms in total. The van der Waals surface area contributed by atoms with Crippen molar-refractivity contribution in [2.75, 3.05) is 0 Å². The van der Waals surface area contributed by atoms with Gasteiger partial charge in [-0.3, -0.25) is 0 Å². The highest BCUT2D eigenvalue weighted by atomic mass is 16.3. The van der Waals surface area contributed by atoms with Crippen molar-refractivity contribution in [1.82, 2.24) is 0 Å². The lowest BCUT2D eigenvalue weighted by atomic mass is 9.94. The highest BCUT2D eigenvalue weighted by Crippen LogP contribution is 2.52. The molecule has 1 unspecified atom stereocenters. The highest BCUT2D eigenvalue weighted by molar-refractivity contribution is 4.93. The van der Waals surface area contributed by atoms with Crippen molar-refractivity contribution in [2.24, 2.45) is 5.41 Å². The predicted molar refractivity (Wildman–Crippen MR) is 47.5 cm³/mol. The quantitative estimate of drug-likeness (QED) is 0.649. The summed E-state index contributed by atoms with van der Waals surface area (Å²) in [6.07, 6.45) is 7.09. The monoisotopic (exact) mass is 156 g/mol. The van der Waals surface area contributed by atoms with Gasteiger partial charge in [0.05, 0.1) is 6.10 Å². The maximum Gasteiger partial charge on any atom is 0.0545 e. The molecule has 0 aromatic carbocycles. The second kappa shape index (κ2) is 3.57. The van der Waals surface area contributed by atoms with Gasteiger partial charge in [-0.2, -0.15) is 0 Å². The minimum atomic E-state index is -0.0255. The maximum absolute atomic E-state index is 9.56. The summed E-state index contributed by atoms with van der Waals surface area (Å²) in [7, 11) is 0.